The maximum Gasteiger partial charge on any atom is 0.338 e. The first-order valence-electron chi connectivity index (χ1n) is 7.93. The Labute approximate surface area is 142 Å². The van der Waals surface area contributed by atoms with E-state index in [0.29, 0.717) is 24.4 Å². The average Bonchev–Trinajstić information content (AvgIpc) is 2.61. The Bertz CT molecular complexity index is 669. The predicted octanol–water partition coefficient (Wildman–Crippen LogP) is 3.57. The lowest BCUT2D eigenvalue weighted by Gasteiger charge is -2.18. The molecule has 0 aliphatic carbocycles. The minimum atomic E-state index is -0.365. The van der Waals surface area contributed by atoms with Crippen molar-refractivity contribution in [1.29, 1.82) is 0 Å². The molecule has 0 heterocycles. The number of benzene rings is 2. The highest BCUT2D eigenvalue weighted by Crippen LogP contribution is 2.11. The number of hydrogen-bond acceptors (Lipinski definition) is 3. The Kier molecular flexibility index (Phi) is 6.37. The number of ether oxygens (including phenoxy) is 1. The molecule has 126 valence electrons. The molecule has 0 saturated carbocycles. The molecule has 0 unspecified atom stereocenters. The fourth-order valence-electron chi connectivity index (χ4n) is 2.17. The highest BCUT2D eigenvalue weighted by Gasteiger charge is 2.10. The van der Waals surface area contributed by atoms with Gasteiger partial charge in [-0.1, -0.05) is 30.3 Å². The van der Waals surface area contributed by atoms with E-state index in [1.54, 1.807) is 43.1 Å². The van der Waals surface area contributed by atoms with E-state index >= 15 is 0 Å². The number of amides is 2. The van der Waals surface area contributed by atoms with Crippen molar-refractivity contribution >= 4 is 17.7 Å². The van der Waals surface area contributed by atoms with Gasteiger partial charge in [-0.15, -0.1) is 0 Å². The van der Waals surface area contributed by atoms with Crippen LogP contribution in [-0.2, 0) is 11.2 Å². The molecule has 0 aliphatic rings. The number of likely N-dealkylation sites (N-methyl/N-ethyl adjacent to an activating group) is 1. The summed E-state index contributed by atoms with van der Waals surface area (Å²) in [5.41, 5.74) is 2.29. The molecule has 2 amide bonds. The number of carbonyl (C=O) groups excluding carboxylic acids is 2. The summed E-state index contributed by atoms with van der Waals surface area (Å²) in [5, 5.41) is 2.81. The third-order valence-corrected chi connectivity index (χ3v) is 3.57. The van der Waals surface area contributed by atoms with Crippen molar-refractivity contribution in [3.8, 4) is 0 Å². The van der Waals surface area contributed by atoms with E-state index in [9.17, 15) is 9.59 Å². The van der Waals surface area contributed by atoms with E-state index in [1.165, 1.54) is 5.56 Å². The third-order valence-electron chi connectivity index (χ3n) is 3.57. The zero-order valence-electron chi connectivity index (χ0n) is 14.0. The van der Waals surface area contributed by atoms with Crippen molar-refractivity contribution in [2.45, 2.75) is 13.3 Å². The first-order chi connectivity index (χ1) is 11.6. The number of esters is 1. The van der Waals surface area contributed by atoms with E-state index in [2.05, 4.69) is 5.32 Å². The first-order valence-corrected chi connectivity index (χ1v) is 7.93. The van der Waals surface area contributed by atoms with Crippen molar-refractivity contribution in [1.82, 2.24) is 4.90 Å². The van der Waals surface area contributed by atoms with Crippen LogP contribution in [0, 0.1) is 0 Å². The highest BCUT2D eigenvalue weighted by atomic mass is 16.5. The molecule has 0 saturated heterocycles. The lowest BCUT2D eigenvalue weighted by molar-refractivity contribution is 0.0526. The summed E-state index contributed by atoms with van der Waals surface area (Å²) in [5.74, 6) is -0.365. The SMILES string of the molecule is CCOC(=O)c1ccc(NC(=O)N(C)CCc2ccccc2)cc1. The molecule has 24 heavy (non-hydrogen) atoms. The van der Waals surface area contributed by atoms with Crippen LogP contribution in [0.3, 0.4) is 0 Å². The van der Waals surface area contributed by atoms with Gasteiger partial charge in [-0.2, -0.15) is 0 Å². The fraction of sp³-hybridized carbons (Fsp3) is 0.263. The van der Waals surface area contributed by atoms with Crippen LogP contribution in [0.1, 0.15) is 22.8 Å². The standard InChI is InChI=1S/C19H22N2O3/c1-3-24-18(22)16-9-11-17(12-10-16)20-19(23)21(2)14-13-15-7-5-4-6-8-15/h4-12H,3,13-14H2,1-2H3,(H,20,23). The monoisotopic (exact) mass is 326 g/mol. The average molecular weight is 326 g/mol. The molecular formula is C19H22N2O3. The molecule has 0 bridgehead atoms. The predicted molar refractivity (Wildman–Crippen MR) is 94.2 cm³/mol. The van der Waals surface area contributed by atoms with Gasteiger partial charge in [0.2, 0.25) is 0 Å². The minimum absolute atomic E-state index is 0.185. The Morgan fingerprint density at radius 1 is 1.04 bits per heavy atom. The number of carbonyl (C=O) groups is 2. The molecule has 0 spiro atoms. The Morgan fingerprint density at radius 2 is 1.71 bits per heavy atom. The molecule has 0 aromatic heterocycles. The number of anilines is 1. The van der Waals surface area contributed by atoms with Gasteiger partial charge in [0.25, 0.3) is 0 Å². The van der Waals surface area contributed by atoms with Gasteiger partial charge in [0.1, 0.15) is 0 Å². The minimum Gasteiger partial charge on any atom is -0.462 e. The molecule has 0 atom stereocenters. The fourth-order valence-corrected chi connectivity index (χ4v) is 2.17. The molecule has 0 fully saturated rings. The van der Waals surface area contributed by atoms with Crippen molar-refractivity contribution in [3.05, 3.63) is 65.7 Å². The van der Waals surface area contributed by atoms with Gasteiger partial charge in [0.05, 0.1) is 12.2 Å². The van der Waals surface area contributed by atoms with Crippen molar-refractivity contribution in [2.75, 3.05) is 25.5 Å². The van der Waals surface area contributed by atoms with Crippen LogP contribution in [0.4, 0.5) is 10.5 Å². The first kappa shape index (κ1) is 17.5. The number of nitrogens with one attached hydrogen (secondary N) is 1. The van der Waals surface area contributed by atoms with Crippen LogP contribution < -0.4 is 5.32 Å². The maximum absolute atomic E-state index is 12.2. The van der Waals surface area contributed by atoms with Gasteiger partial charge in [-0.05, 0) is 43.2 Å². The van der Waals surface area contributed by atoms with E-state index in [4.69, 9.17) is 4.74 Å². The van der Waals surface area contributed by atoms with Gasteiger partial charge in [0, 0.05) is 19.3 Å². The van der Waals surface area contributed by atoms with E-state index < -0.39 is 0 Å². The largest absolute Gasteiger partial charge is 0.462 e. The highest BCUT2D eigenvalue weighted by molar-refractivity contribution is 5.92. The molecule has 2 aromatic carbocycles. The second-order valence-electron chi connectivity index (χ2n) is 5.39. The molecule has 5 nitrogen and oxygen atoms in total. The maximum atomic E-state index is 12.2. The summed E-state index contributed by atoms with van der Waals surface area (Å²) < 4.78 is 4.93. The van der Waals surface area contributed by atoms with Crippen molar-refractivity contribution in [3.63, 3.8) is 0 Å². The van der Waals surface area contributed by atoms with Crippen LogP contribution in [0.15, 0.2) is 54.6 Å². The van der Waals surface area contributed by atoms with E-state index in [-0.39, 0.29) is 12.0 Å². The Morgan fingerprint density at radius 3 is 2.33 bits per heavy atom. The molecule has 0 aliphatic heterocycles. The summed E-state index contributed by atoms with van der Waals surface area (Å²) in [6.07, 6.45) is 0.798. The number of rotatable bonds is 6. The Hall–Kier alpha value is -2.82. The summed E-state index contributed by atoms with van der Waals surface area (Å²) in [7, 11) is 1.76. The van der Waals surface area contributed by atoms with Gasteiger partial charge < -0.3 is 15.0 Å². The van der Waals surface area contributed by atoms with Crippen LogP contribution >= 0.6 is 0 Å². The summed E-state index contributed by atoms with van der Waals surface area (Å²) in [4.78, 5) is 25.4. The summed E-state index contributed by atoms with van der Waals surface area (Å²) in [6, 6.07) is 16.5. The molecule has 0 radical (unpaired) electrons. The van der Waals surface area contributed by atoms with Crippen molar-refractivity contribution in [2.24, 2.45) is 0 Å². The summed E-state index contributed by atoms with van der Waals surface area (Å²) >= 11 is 0. The smallest absolute Gasteiger partial charge is 0.338 e. The zero-order chi connectivity index (χ0) is 17.4. The molecule has 2 aromatic rings. The number of nitrogens with zero attached hydrogens (tertiary/aromatic N) is 1. The topological polar surface area (TPSA) is 58.6 Å². The van der Waals surface area contributed by atoms with Crippen LogP contribution in [-0.4, -0.2) is 37.1 Å². The third kappa shape index (κ3) is 5.12. The number of hydrogen-bond donors (Lipinski definition) is 1. The molecular weight excluding hydrogens is 304 g/mol. The molecule has 5 heteroatoms. The molecule has 2 rings (SSSR count). The van der Waals surface area contributed by atoms with Gasteiger partial charge in [-0.3, -0.25) is 0 Å². The van der Waals surface area contributed by atoms with Crippen LogP contribution in [0.5, 0.6) is 0 Å². The lowest BCUT2D eigenvalue weighted by Crippen LogP contribution is -2.33. The molecule has 1 N–H and O–H groups in total. The van der Waals surface area contributed by atoms with Gasteiger partial charge in [-0.25, -0.2) is 9.59 Å². The lowest BCUT2D eigenvalue weighted by atomic mass is 10.1. The van der Waals surface area contributed by atoms with Crippen molar-refractivity contribution < 1.29 is 14.3 Å². The number of urea groups is 1. The van der Waals surface area contributed by atoms with E-state index in [1.807, 2.05) is 30.3 Å². The van der Waals surface area contributed by atoms with Crippen LogP contribution in [0.25, 0.3) is 0 Å². The van der Waals surface area contributed by atoms with Crippen LogP contribution in [0.2, 0.25) is 0 Å². The van der Waals surface area contributed by atoms with E-state index in [0.717, 1.165) is 6.42 Å². The normalized spacial score (nSPS) is 10.1. The second-order valence-corrected chi connectivity index (χ2v) is 5.39. The zero-order valence-corrected chi connectivity index (χ0v) is 14.0. The summed E-state index contributed by atoms with van der Waals surface area (Å²) in [6.45, 7) is 2.72. The van der Waals surface area contributed by atoms with Gasteiger partial charge >= 0.3 is 12.0 Å². The second kappa shape index (κ2) is 8.72. The Balaban J connectivity index is 1.85. The quantitative estimate of drug-likeness (QED) is 0.826. The van der Waals surface area contributed by atoms with Gasteiger partial charge in [0.15, 0.2) is 0 Å².